The highest BCUT2D eigenvalue weighted by Gasteiger charge is 2.32. The summed E-state index contributed by atoms with van der Waals surface area (Å²) in [5.41, 5.74) is 4.88. The average molecular weight is 366 g/mol. The quantitative estimate of drug-likeness (QED) is 0.725. The fourth-order valence-corrected chi connectivity index (χ4v) is 3.87. The first-order chi connectivity index (χ1) is 13.1. The van der Waals surface area contributed by atoms with Gasteiger partial charge in [0.15, 0.2) is 0 Å². The monoisotopic (exact) mass is 366 g/mol. The SMILES string of the molecule is CCc1c(C(=O)O)c(C2COC2)nn1Cc1cn2cc(C3CC3)ccc2n1. The van der Waals surface area contributed by atoms with E-state index < -0.39 is 5.97 Å². The minimum absolute atomic E-state index is 0.0739. The summed E-state index contributed by atoms with van der Waals surface area (Å²) >= 11 is 0. The van der Waals surface area contributed by atoms with Crippen LogP contribution in [0.25, 0.3) is 5.65 Å². The number of hydrogen-bond acceptors (Lipinski definition) is 4. The van der Waals surface area contributed by atoms with Crippen LogP contribution in [0.4, 0.5) is 0 Å². The summed E-state index contributed by atoms with van der Waals surface area (Å²) < 4.78 is 9.12. The van der Waals surface area contributed by atoms with Gasteiger partial charge in [-0.1, -0.05) is 13.0 Å². The number of ether oxygens (including phenoxy) is 1. The Hall–Kier alpha value is -2.67. The van der Waals surface area contributed by atoms with Gasteiger partial charge in [0.2, 0.25) is 0 Å². The van der Waals surface area contributed by atoms with Gasteiger partial charge >= 0.3 is 5.97 Å². The van der Waals surface area contributed by atoms with Crippen LogP contribution in [-0.4, -0.2) is 43.5 Å². The molecule has 0 bridgehead atoms. The van der Waals surface area contributed by atoms with Gasteiger partial charge in [-0.3, -0.25) is 4.68 Å². The van der Waals surface area contributed by atoms with E-state index in [0.29, 0.717) is 43.4 Å². The number of carboxylic acid groups (broad SMARTS) is 1. The lowest BCUT2D eigenvalue weighted by Crippen LogP contribution is -2.27. The number of aromatic carboxylic acids is 1. The third-order valence-corrected chi connectivity index (χ3v) is 5.54. The number of pyridine rings is 1. The largest absolute Gasteiger partial charge is 0.478 e. The van der Waals surface area contributed by atoms with E-state index in [-0.39, 0.29) is 5.92 Å². The molecular formula is C20H22N4O3. The molecule has 1 saturated carbocycles. The normalized spacial score (nSPS) is 17.4. The summed E-state index contributed by atoms with van der Waals surface area (Å²) in [5.74, 6) is -0.141. The second kappa shape index (κ2) is 6.20. The molecule has 0 amide bonds. The minimum Gasteiger partial charge on any atom is -0.478 e. The van der Waals surface area contributed by atoms with Crippen molar-refractivity contribution in [2.75, 3.05) is 13.2 Å². The Labute approximate surface area is 156 Å². The highest BCUT2D eigenvalue weighted by Crippen LogP contribution is 2.39. The molecule has 0 atom stereocenters. The fourth-order valence-electron chi connectivity index (χ4n) is 3.87. The first kappa shape index (κ1) is 16.5. The van der Waals surface area contributed by atoms with Gasteiger partial charge in [-0.2, -0.15) is 5.10 Å². The van der Waals surface area contributed by atoms with Crippen LogP contribution >= 0.6 is 0 Å². The van der Waals surface area contributed by atoms with Crippen molar-refractivity contribution in [2.45, 2.75) is 44.6 Å². The zero-order valence-corrected chi connectivity index (χ0v) is 15.3. The third-order valence-electron chi connectivity index (χ3n) is 5.54. The smallest absolute Gasteiger partial charge is 0.339 e. The van der Waals surface area contributed by atoms with Crippen molar-refractivity contribution < 1.29 is 14.6 Å². The molecule has 0 radical (unpaired) electrons. The molecule has 2 fully saturated rings. The molecule has 7 nitrogen and oxygen atoms in total. The van der Waals surface area contributed by atoms with Crippen molar-refractivity contribution in [3.8, 4) is 0 Å². The van der Waals surface area contributed by atoms with Crippen LogP contribution < -0.4 is 0 Å². The number of carboxylic acids is 1. The van der Waals surface area contributed by atoms with Gasteiger partial charge in [0, 0.05) is 12.4 Å². The second-order valence-corrected chi connectivity index (χ2v) is 7.49. The van der Waals surface area contributed by atoms with E-state index in [4.69, 9.17) is 9.72 Å². The lowest BCUT2D eigenvalue weighted by atomic mass is 9.98. The number of rotatable bonds is 6. The van der Waals surface area contributed by atoms with Gasteiger partial charge in [-0.05, 0) is 36.8 Å². The van der Waals surface area contributed by atoms with Crippen molar-refractivity contribution in [1.29, 1.82) is 0 Å². The van der Waals surface area contributed by atoms with E-state index in [1.165, 1.54) is 18.4 Å². The van der Waals surface area contributed by atoms with E-state index in [1.54, 1.807) is 4.68 Å². The molecule has 27 heavy (non-hydrogen) atoms. The van der Waals surface area contributed by atoms with Crippen molar-refractivity contribution in [1.82, 2.24) is 19.2 Å². The maximum Gasteiger partial charge on any atom is 0.339 e. The maximum absolute atomic E-state index is 11.8. The van der Waals surface area contributed by atoms with Crippen LogP contribution in [0.2, 0.25) is 0 Å². The van der Waals surface area contributed by atoms with Gasteiger partial charge in [-0.25, -0.2) is 9.78 Å². The molecule has 1 saturated heterocycles. The number of nitrogens with zero attached hydrogens (tertiary/aromatic N) is 4. The summed E-state index contributed by atoms with van der Waals surface area (Å²) in [5, 5.41) is 14.4. The number of aromatic nitrogens is 4. The van der Waals surface area contributed by atoms with Gasteiger partial charge in [-0.15, -0.1) is 0 Å². The molecule has 7 heteroatoms. The van der Waals surface area contributed by atoms with Crippen LogP contribution in [0.5, 0.6) is 0 Å². The topological polar surface area (TPSA) is 81.6 Å². The molecule has 3 aromatic rings. The van der Waals surface area contributed by atoms with Crippen molar-refractivity contribution in [3.63, 3.8) is 0 Å². The third kappa shape index (κ3) is 2.82. The van der Waals surface area contributed by atoms with E-state index >= 15 is 0 Å². The predicted octanol–water partition coefficient (Wildman–Crippen LogP) is 2.83. The van der Waals surface area contributed by atoms with Gasteiger partial charge in [0.25, 0.3) is 0 Å². The van der Waals surface area contributed by atoms with Gasteiger partial charge < -0.3 is 14.2 Å². The Balaban J connectivity index is 1.51. The van der Waals surface area contributed by atoms with Gasteiger partial charge in [0.05, 0.1) is 42.8 Å². The molecule has 1 N–H and O–H groups in total. The molecule has 0 aromatic carbocycles. The van der Waals surface area contributed by atoms with Crippen molar-refractivity contribution >= 4 is 11.6 Å². The predicted molar refractivity (Wildman–Crippen MR) is 98.4 cm³/mol. The lowest BCUT2D eigenvalue weighted by molar-refractivity contribution is 0.00597. The van der Waals surface area contributed by atoms with Crippen LogP contribution in [0.3, 0.4) is 0 Å². The minimum atomic E-state index is -0.913. The van der Waals surface area contributed by atoms with Crippen LogP contribution in [-0.2, 0) is 17.7 Å². The van der Waals surface area contributed by atoms with Gasteiger partial charge in [0.1, 0.15) is 11.2 Å². The highest BCUT2D eigenvalue weighted by molar-refractivity contribution is 5.90. The Morgan fingerprint density at radius 2 is 2.07 bits per heavy atom. The number of carbonyl (C=O) groups is 1. The summed E-state index contributed by atoms with van der Waals surface area (Å²) in [7, 11) is 0. The molecule has 1 aliphatic heterocycles. The summed E-state index contributed by atoms with van der Waals surface area (Å²) in [6, 6.07) is 4.22. The second-order valence-electron chi connectivity index (χ2n) is 7.49. The average Bonchev–Trinajstić information content (AvgIpc) is 3.27. The number of fused-ring (bicyclic) bond motifs is 1. The van der Waals surface area contributed by atoms with E-state index in [0.717, 1.165) is 17.0 Å². The summed E-state index contributed by atoms with van der Waals surface area (Å²) in [6.07, 6.45) is 7.33. The molecule has 4 heterocycles. The highest BCUT2D eigenvalue weighted by atomic mass is 16.5. The Bertz CT molecular complexity index is 1030. The van der Waals surface area contributed by atoms with Crippen LogP contribution in [0.15, 0.2) is 24.5 Å². The molecule has 5 rings (SSSR count). The molecule has 140 valence electrons. The standard InChI is InChI=1S/C20H22N4O3/c1-2-16-18(20(25)26)19(14-10-27-11-14)22-24(16)9-15-8-23-7-13(12-3-4-12)5-6-17(23)21-15/h5-8,12,14H,2-4,9-11H2,1H3,(H,25,26). The Morgan fingerprint density at radius 1 is 1.26 bits per heavy atom. The Kier molecular flexibility index (Phi) is 3.79. The zero-order chi connectivity index (χ0) is 18.5. The molecule has 2 aliphatic rings. The van der Waals surface area contributed by atoms with Crippen LogP contribution in [0, 0.1) is 0 Å². The Morgan fingerprint density at radius 3 is 2.70 bits per heavy atom. The fraction of sp³-hybridized carbons (Fsp3) is 0.450. The first-order valence-corrected chi connectivity index (χ1v) is 9.52. The molecule has 3 aromatic heterocycles. The molecule has 0 spiro atoms. The van der Waals surface area contributed by atoms with Crippen molar-refractivity contribution in [2.24, 2.45) is 0 Å². The van der Waals surface area contributed by atoms with Crippen LogP contribution in [0.1, 0.15) is 64.6 Å². The number of imidazole rings is 1. The number of hydrogen-bond donors (Lipinski definition) is 1. The summed E-state index contributed by atoms with van der Waals surface area (Å²) in [6.45, 7) is 3.52. The molecule has 0 unspecified atom stereocenters. The zero-order valence-electron chi connectivity index (χ0n) is 15.3. The van der Waals surface area contributed by atoms with E-state index in [1.807, 2.05) is 13.1 Å². The molecular weight excluding hydrogens is 344 g/mol. The maximum atomic E-state index is 11.8. The van der Waals surface area contributed by atoms with Crippen molar-refractivity contribution in [3.05, 3.63) is 52.7 Å². The lowest BCUT2D eigenvalue weighted by Gasteiger charge is -2.24. The van der Waals surface area contributed by atoms with E-state index in [9.17, 15) is 9.90 Å². The van der Waals surface area contributed by atoms with E-state index in [2.05, 4.69) is 27.8 Å². The first-order valence-electron chi connectivity index (χ1n) is 9.52. The summed E-state index contributed by atoms with van der Waals surface area (Å²) in [4.78, 5) is 16.5. The molecule has 1 aliphatic carbocycles.